The Labute approximate surface area is 105 Å². The largest absolute Gasteiger partial charge is 0.872 e. The van der Waals surface area contributed by atoms with E-state index in [1.54, 1.807) is 0 Å². The first kappa shape index (κ1) is 12.1. The monoisotopic (exact) mass is 264 g/mol. The van der Waals surface area contributed by atoms with Crippen LogP contribution in [-0.2, 0) is 4.79 Å². The van der Waals surface area contributed by atoms with Crippen molar-refractivity contribution in [1.82, 2.24) is 0 Å². The minimum Gasteiger partial charge on any atom is -0.872 e. The third-order valence-electron chi connectivity index (χ3n) is 2.13. The fourth-order valence-electron chi connectivity index (χ4n) is 1.33. The number of benzene rings is 1. The number of amidine groups is 1. The van der Waals surface area contributed by atoms with Crippen LogP contribution in [0.4, 0.5) is 5.69 Å². The first-order valence-electron chi connectivity index (χ1n) is 4.71. The van der Waals surface area contributed by atoms with Crippen molar-refractivity contribution in [3.05, 3.63) is 38.8 Å². The summed E-state index contributed by atoms with van der Waals surface area (Å²) >= 11 is 0.922. The molecule has 8 heteroatoms. The fraction of sp³-hybridized carbons (Fsp3) is 0. The fourth-order valence-corrected chi connectivity index (χ4v) is 2.00. The van der Waals surface area contributed by atoms with Gasteiger partial charge in [0.05, 0.1) is 9.83 Å². The number of thioether (sulfide) groups is 1. The van der Waals surface area contributed by atoms with Crippen molar-refractivity contribution in [2.45, 2.75) is 0 Å². The predicted octanol–water partition coefficient (Wildman–Crippen LogP) is 0.597. The minimum atomic E-state index is -0.615. The Morgan fingerprint density at radius 2 is 2.17 bits per heavy atom. The molecule has 1 amide bonds. The quantitative estimate of drug-likeness (QED) is 0.474. The van der Waals surface area contributed by atoms with E-state index in [1.165, 1.54) is 6.08 Å². The van der Waals surface area contributed by atoms with Gasteiger partial charge in [0.15, 0.2) is 5.17 Å². The maximum Gasteiger partial charge on any atom is 0.286 e. The normalized spacial score (nSPS) is 17.0. The molecule has 7 nitrogen and oxygen atoms in total. The van der Waals surface area contributed by atoms with Crippen molar-refractivity contribution >= 4 is 34.6 Å². The number of carbonyl (C=O) groups is 1. The highest BCUT2D eigenvalue weighted by Gasteiger charge is 2.19. The van der Waals surface area contributed by atoms with Gasteiger partial charge in [-0.05, 0) is 23.4 Å². The number of hydrogen-bond acceptors (Lipinski definition) is 6. The first-order valence-corrected chi connectivity index (χ1v) is 5.52. The number of aliphatic imine (C=N–C) groups is 1. The SMILES string of the molecule is NC1=NC(=O)/C(=C/c2cc([N+](=O)[O-])ccc2[O-])S1. The van der Waals surface area contributed by atoms with Crippen LogP contribution in [-0.4, -0.2) is 16.0 Å². The summed E-state index contributed by atoms with van der Waals surface area (Å²) in [5.41, 5.74) is 5.19. The average Bonchev–Trinajstić information content (AvgIpc) is 2.60. The molecule has 92 valence electrons. The van der Waals surface area contributed by atoms with E-state index in [-0.39, 0.29) is 21.3 Å². The number of nitro benzene ring substituents is 1. The number of non-ortho nitro benzene ring substituents is 1. The molecule has 1 aliphatic heterocycles. The third-order valence-corrected chi connectivity index (χ3v) is 2.94. The van der Waals surface area contributed by atoms with E-state index in [0.717, 1.165) is 30.0 Å². The second-order valence-corrected chi connectivity index (χ2v) is 4.41. The Kier molecular flexibility index (Phi) is 3.02. The van der Waals surface area contributed by atoms with Crippen LogP contribution in [0.15, 0.2) is 28.1 Å². The molecule has 0 fully saturated rings. The van der Waals surface area contributed by atoms with Gasteiger partial charge in [0, 0.05) is 12.1 Å². The Balaban J connectivity index is 2.40. The van der Waals surface area contributed by atoms with E-state index >= 15 is 0 Å². The summed E-state index contributed by atoms with van der Waals surface area (Å²) in [5.74, 6) is -0.963. The van der Waals surface area contributed by atoms with Gasteiger partial charge in [-0.1, -0.05) is 6.07 Å². The molecule has 1 heterocycles. The number of rotatable bonds is 2. The highest BCUT2D eigenvalue weighted by molar-refractivity contribution is 8.18. The molecule has 2 N–H and O–H groups in total. The second kappa shape index (κ2) is 4.49. The Morgan fingerprint density at radius 3 is 2.72 bits per heavy atom. The van der Waals surface area contributed by atoms with Crippen LogP contribution >= 0.6 is 11.8 Å². The summed E-state index contributed by atoms with van der Waals surface area (Å²) in [4.78, 5) is 24.9. The van der Waals surface area contributed by atoms with E-state index < -0.39 is 16.6 Å². The summed E-state index contributed by atoms with van der Waals surface area (Å²) in [7, 11) is 0. The summed E-state index contributed by atoms with van der Waals surface area (Å²) in [6, 6.07) is 3.30. The lowest BCUT2D eigenvalue weighted by Crippen LogP contribution is -2.01. The van der Waals surface area contributed by atoms with Crippen LogP contribution < -0.4 is 10.8 Å². The van der Waals surface area contributed by atoms with E-state index in [2.05, 4.69) is 4.99 Å². The van der Waals surface area contributed by atoms with Crippen molar-refractivity contribution < 1.29 is 14.8 Å². The number of amides is 1. The van der Waals surface area contributed by atoms with Crippen molar-refractivity contribution in [1.29, 1.82) is 0 Å². The predicted molar refractivity (Wildman–Crippen MR) is 64.7 cm³/mol. The van der Waals surface area contributed by atoms with Gasteiger partial charge < -0.3 is 10.8 Å². The minimum absolute atomic E-state index is 0.0601. The van der Waals surface area contributed by atoms with E-state index in [1.807, 2.05) is 0 Å². The zero-order chi connectivity index (χ0) is 13.3. The zero-order valence-corrected chi connectivity index (χ0v) is 9.64. The van der Waals surface area contributed by atoms with Crippen molar-refractivity contribution in [2.75, 3.05) is 0 Å². The summed E-state index contributed by atoms with van der Waals surface area (Å²) in [6.45, 7) is 0. The molecule has 0 saturated heterocycles. The van der Waals surface area contributed by atoms with Gasteiger partial charge in [0.1, 0.15) is 0 Å². The number of nitro groups is 1. The molecule has 0 aliphatic carbocycles. The molecule has 1 aromatic carbocycles. The van der Waals surface area contributed by atoms with Crippen LogP contribution in [0.2, 0.25) is 0 Å². The number of nitrogens with zero attached hydrogens (tertiary/aromatic N) is 2. The van der Waals surface area contributed by atoms with Crippen LogP contribution in [0.1, 0.15) is 5.56 Å². The van der Waals surface area contributed by atoms with E-state index in [9.17, 15) is 20.0 Å². The van der Waals surface area contributed by atoms with Crippen LogP contribution in [0.3, 0.4) is 0 Å². The Morgan fingerprint density at radius 1 is 1.44 bits per heavy atom. The van der Waals surface area contributed by atoms with Gasteiger partial charge in [0.25, 0.3) is 11.6 Å². The average molecular weight is 264 g/mol. The molecule has 0 spiro atoms. The van der Waals surface area contributed by atoms with Crippen LogP contribution in [0.25, 0.3) is 6.08 Å². The van der Waals surface area contributed by atoms with Gasteiger partial charge in [-0.2, -0.15) is 4.99 Å². The molecule has 0 bridgehead atoms. The second-order valence-electron chi connectivity index (χ2n) is 3.35. The third kappa shape index (κ3) is 2.33. The number of carbonyl (C=O) groups excluding carboxylic acids is 1. The van der Waals surface area contributed by atoms with Gasteiger partial charge in [-0.25, -0.2) is 0 Å². The molecule has 1 aromatic rings. The van der Waals surface area contributed by atoms with Gasteiger partial charge in [-0.3, -0.25) is 14.9 Å². The van der Waals surface area contributed by atoms with Crippen molar-refractivity contribution in [3.8, 4) is 5.75 Å². The molecule has 0 radical (unpaired) electrons. The van der Waals surface area contributed by atoms with Gasteiger partial charge in [0.2, 0.25) is 0 Å². The smallest absolute Gasteiger partial charge is 0.286 e. The van der Waals surface area contributed by atoms with Crippen LogP contribution in [0.5, 0.6) is 5.75 Å². The summed E-state index contributed by atoms with van der Waals surface area (Å²) in [6.07, 6.45) is 1.26. The number of nitrogens with two attached hydrogens (primary N) is 1. The van der Waals surface area contributed by atoms with Gasteiger partial charge in [-0.15, -0.1) is 5.75 Å². The highest BCUT2D eigenvalue weighted by Crippen LogP contribution is 2.30. The lowest BCUT2D eigenvalue weighted by Gasteiger charge is -2.09. The molecular weight excluding hydrogens is 258 g/mol. The maximum atomic E-state index is 11.5. The molecule has 0 unspecified atom stereocenters. The molecule has 1 aliphatic rings. The van der Waals surface area contributed by atoms with E-state index in [4.69, 9.17) is 5.73 Å². The standard InChI is InChI=1S/C10H7N3O4S/c11-10-12-9(15)8(18-10)4-5-3-6(13(16)17)1-2-7(5)14/h1-4,14H,(H2,11,12,15)/p-1/b8-4-. The topological polar surface area (TPSA) is 122 Å². The van der Waals surface area contributed by atoms with Gasteiger partial charge >= 0.3 is 0 Å². The summed E-state index contributed by atoms with van der Waals surface area (Å²) < 4.78 is 0. The van der Waals surface area contributed by atoms with Crippen molar-refractivity contribution in [2.24, 2.45) is 10.7 Å². The molecule has 0 aromatic heterocycles. The molecule has 18 heavy (non-hydrogen) atoms. The number of hydrogen-bond donors (Lipinski definition) is 1. The Bertz CT molecular complexity index is 609. The Hall–Kier alpha value is -2.35. The molecule has 2 rings (SSSR count). The molecule has 0 atom stereocenters. The van der Waals surface area contributed by atoms with Crippen LogP contribution in [0, 0.1) is 10.1 Å². The first-order chi connectivity index (χ1) is 8.47. The summed E-state index contributed by atoms with van der Waals surface area (Å²) in [5, 5.41) is 22.2. The lowest BCUT2D eigenvalue weighted by atomic mass is 10.1. The maximum absolute atomic E-state index is 11.5. The molecular formula is C10H6N3O4S-. The van der Waals surface area contributed by atoms with Crippen molar-refractivity contribution in [3.63, 3.8) is 0 Å². The zero-order valence-electron chi connectivity index (χ0n) is 8.82. The highest BCUT2D eigenvalue weighted by atomic mass is 32.2. The lowest BCUT2D eigenvalue weighted by molar-refractivity contribution is -0.385. The van der Waals surface area contributed by atoms with E-state index in [0.29, 0.717) is 0 Å². The molecule has 0 saturated carbocycles.